The highest BCUT2D eigenvalue weighted by molar-refractivity contribution is 6.32. The molecule has 1 heterocycles. The predicted octanol–water partition coefficient (Wildman–Crippen LogP) is 3.39. The number of nitrogens with one attached hydrogen (secondary N) is 1. The van der Waals surface area contributed by atoms with Crippen molar-refractivity contribution in [2.24, 2.45) is 0 Å². The number of hydrogen-bond donors (Lipinski definition) is 2. The summed E-state index contributed by atoms with van der Waals surface area (Å²) in [6.07, 6.45) is 1.33. The van der Waals surface area contributed by atoms with Crippen molar-refractivity contribution in [3.63, 3.8) is 0 Å². The molecule has 0 saturated heterocycles. The summed E-state index contributed by atoms with van der Waals surface area (Å²) in [7, 11) is 0. The number of phenols is 1. The summed E-state index contributed by atoms with van der Waals surface area (Å²) in [5, 5.41) is 21.7. The first-order valence-electron chi connectivity index (χ1n) is 7.80. The maximum absolute atomic E-state index is 12.0. The zero-order chi connectivity index (χ0) is 19.4. The van der Waals surface area contributed by atoms with Gasteiger partial charge in [-0.1, -0.05) is 11.6 Å². The van der Waals surface area contributed by atoms with Crippen molar-refractivity contribution in [1.82, 2.24) is 0 Å². The summed E-state index contributed by atoms with van der Waals surface area (Å²) in [5.41, 5.74) is 1.73. The molecule has 0 atom stereocenters. The van der Waals surface area contributed by atoms with Gasteiger partial charge >= 0.3 is 5.97 Å². The van der Waals surface area contributed by atoms with Crippen LogP contribution in [0.2, 0.25) is 5.02 Å². The number of rotatable bonds is 5. The molecule has 1 aromatic heterocycles. The van der Waals surface area contributed by atoms with Crippen LogP contribution in [0.5, 0.6) is 5.75 Å². The SMILES string of the molecule is N#Cc1ccc(NC(=O)COC(=O)Cc2coc3cc(O)ccc23)cc1Cl. The summed E-state index contributed by atoms with van der Waals surface area (Å²) in [4.78, 5) is 23.9. The van der Waals surface area contributed by atoms with Crippen LogP contribution >= 0.6 is 11.6 Å². The van der Waals surface area contributed by atoms with Crippen LogP contribution in [0.3, 0.4) is 0 Å². The first-order chi connectivity index (χ1) is 13.0. The van der Waals surface area contributed by atoms with E-state index in [0.29, 0.717) is 27.8 Å². The lowest BCUT2D eigenvalue weighted by atomic mass is 10.1. The molecule has 0 spiro atoms. The van der Waals surface area contributed by atoms with E-state index in [1.165, 1.54) is 36.6 Å². The lowest BCUT2D eigenvalue weighted by Gasteiger charge is -2.07. The first kappa shape index (κ1) is 18.3. The van der Waals surface area contributed by atoms with Crippen LogP contribution in [0.15, 0.2) is 47.1 Å². The lowest BCUT2D eigenvalue weighted by molar-refractivity contribution is -0.146. The van der Waals surface area contributed by atoms with Gasteiger partial charge in [-0.05, 0) is 30.3 Å². The number of hydrogen-bond acceptors (Lipinski definition) is 6. The molecule has 0 radical (unpaired) electrons. The van der Waals surface area contributed by atoms with Gasteiger partial charge in [0.15, 0.2) is 6.61 Å². The predicted molar refractivity (Wildman–Crippen MR) is 97.3 cm³/mol. The van der Waals surface area contributed by atoms with E-state index in [2.05, 4.69) is 5.32 Å². The van der Waals surface area contributed by atoms with Crippen molar-refractivity contribution in [3.05, 3.63) is 58.8 Å². The van der Waals surface area contributed by atoms with Crippen molar-refractivity contribution >= 4 is 40.1 Å². The number of carbonyl (C=O) groups is 2. The second kappa shape index (κ2) is 7.81. The number of furan rings is 1. The van der Waals surface area contributed by atoms with Gasteiger partial charge in [0.25, 0.3) is 5.91 Å². The van der Waals surface area contributed by atoms with E-state index in [4.69, 9.17) is 26.0 Å². The number of anilines is 1. The van der Waals surface area contributed by atoms with Gasteiger partial charge in [-0.25, -0.2) is 0 Å². The van der Waals surface area contributed by atoms with E-state index >= 15 is 0 Å². The van der Waals surface area contributed by atoms with Gasteiger partial charge in [0.1, 0.15) is 17.4 Å². The summed E-state index contributed by atoms with van der Waals surface area (Å²) in [6, 6.07) is 10.9. The molecule has 3 rings (SSSR count). The van der Waals surface area contributed by atoms with Gasteiger partial charge in [0.05, 0.1) is 23.3 Å². The number of fused-ring (bicyclic) bond motifs is 1. The third kappa shape index (κ3) is 4.37. The average Bonchev–Trinajstić information content (AvgIpc) is 3.02. The minimum absolute atomic E-state index is 0.0607. The Morgan fingerprint density at radius 3 is 2.81 bits per heavy atom. The third-order valence-corrected chi connectivity index (χ3v) is 4.02. The molecule has 1 amide bonds. The Morgan fingerprint density at radius 1 is 1.26 bits per heavy atom. The highest BCUT2D eigenvalue weighted by atomic mass is 35.5. The van der Waals surface area contributed by atoms with E-state index in [9.17, 15) is 14.7 Å². The number of esters is 1. The minimum Gasteiger partial charge on any atom is -0.508 e. The Hall–Kier alpha value is -3.50. The maximum Gasteiger partial charge on any atom is 0.310 e. The fourth-order valence-corrected chi connectivity index (χ4v) is 2.66. The van der Waals surface area contributed by atoms with Crippen LogP contribution in [0.4, 0.5) is 5.69 Å². The van der Waals surface area contributed by atoms with E-state index in [-0.39, 0.29) is 17.2 Å². The number of phenolic OH excluding ortho intramolecular Hbond substituents is 1. The van der Waals surface area contributed by atoms with E-state index in [1.54, 1.807) is 6.07 Å². The van der Waals surface area contributed by atoms with Crippen LogP contribution in [-0.4, -0.2) is 23.6 Å². The smallest absolute Gasteiger partial charge is 0.310 e. The van der Waals surface area contributed by atoms with Crippen LogP contribution < -0.4 is 5.32 Å². The van der Waals surface area contributed by atoms with Crippen molar-refractivity contribution < 1.29 is 23.8 Å². The Balaban J connectivity index is 1.54. The number of amides is 1. The second-order valence-electron chi connectivity index (χ2n) is 5.63. The summed E-state index contributed by atoms with van der Waals surface area (Å²) in [6.45, 7) is -0.465. The average molecular weight is 385 g/mol. The summed E-state index contributed by atoms with van der Waals surface area (Å²) < 4.78 is 10.3. The fourth-order valence-electron chi connectivity index (χ4n) is 2.44. The number of aromatic hydroxyl groups is 1. The van der Waals surface area contributed by atoms with Gasteiger partial charge in [-0.15, -0.1) is 0 Å². The van der Waals surface area contributed by atoms with Crippen LogP contribution in [0.25, 0.3) is 11.0 Å². The lowest BCUT2D eigenvalue weighted by Crippen LogP contribution is -2.21. The zero-order valence-corrected chi connectivity index (χ0v) is 14.6. The number of ether oxygens (including phenoxy) is 1. The van der Waals surface area contributed by atoms with Crippen molar-refractivity contribution in [2.45, 2.75) is 6.42 Å². The van der Waals surface area contributed by atoms with Gasteiger partial charge < -0.3 is 19.6 Å². The second-order valence-corrected chi connectivity index (χ2v) is 6.04. The molecule has 7 nitrogen and oxygen atoms in total. The first-order valence-corrected chi connectivity index (χ1v) is 8.18. The monoisotopic (exact) mass is 384 g/mol. The number of benzene rings is 2. The molecular weight excluding hydrogens is 372 g/mol. The molecule has 8 heteroatoms. The molecule has 27 heavy (non-hydrogen) atoms. The number of carbonyl (C=O) groups excluding carboxylic acids is 2. The van der Waals surface area contributed by atoms with Crippen molar-refractivity contribution in [3.8, 4) is 11.8 Å². The molecule has 2 aromatic carbocycles. The fraction of sp³-hybridized carbons (Fsp3) is 0.105. The largest absolute Gasteiger partial charge is 0.508 e. The molecule has 0 unspecified atom stereocenters. The highest BCUT2D eigenvalue weighted by Crippen LogP contribution is 2.25. The zero-order valence-electron chi connectivity index (χ0n) is 13.9. The van der Waals surface area contributed by atoms with Gasteiger partial charge in [0.2, 0.25) is 0 Å². The standard InChI is InChI=1S/C19H13ClN2O5/c20-16-6-13(2-1-11(16)8-21)22-18(24)10-27-19(25)5-12-9-26-17-7-14(23)3-4-15(12)17/h1-4,6-7,9,23H,5,10H2,(H,22,24). The number of halogens is 1. The summed E-state index contributed by atoms with van der Waals surface area (Å²) in [5.74, 6) is -1.07. The molecule has 0 aliphatic carbocycles. The Kier molecular flexibility index (Phi) is 5.29. The molecule has 136 valence electrons. The van der Waals surface area contributed by atoms with Gasteiger partial charge in [-0.3, -0.25) is 9.59 Å². The maximum atomic E-state index is 12.0. The molecule has 0 aliphatic heterocycles. The van der Waals surface area contributed by atoms with Crippen LogP contribution in [0, 0.1) is 11.3 Å². The van der Waals surface area contributed by atoms with Crippen molar-refractivity contribution in [2.75, 3.05) is 11.9 Å². The van der Waals surface area contributed by atoms with E-state index in [0.717, 1.165) is 0 Å². The molecular formula is C19H13ClN2O5. The summed E-state index contributed by atoms with van der Waals surface area (Å²) >= 11 is 5.89. The Morgan fingerprint density at radius 2 is 2.07 bits per heavy atom. The van der Waals surface area contributed by atoms with Gasteiger partial charge in [0, 0.05) is 22.7 Å². The van der Waals surface area contributed by atoms with Gasteiger partial charge in [-0.2, -0.15) is 5.26 Å². The Labute approximate surface area is 158 Å². The quantitative estimate of drug-likeness (QED) is 0.652. The number of nitriles is 1. The molecule has 0 fully saturated rings. The topological polar surface area (TPSA) is 113 Å². The minimum atomic E-state index is -0.598. The highest BCUT2D eigenvalue weighted by Gasteiger charge is 2.14. The van der Waals surface area contributed by atoms with E-state index < -0.39 is 18.5 Å². The molecule has 0 saturated carbocycles. The molecule has 2 N–H and O–H groups in total. The number of nitrogens with zero attached hydrogens (tertiary/aromatic N) is 1. The Bertz CT molecular complexity index is 1070. The van der Waals surface area contributed by atoms with Crippen LogP contribution in [0.1, 0.15) is 11.1 Å². The van der Waals surface area contributed by atoms with E-state index in [1.807, 2.05) is 6.07 Å². The van der Waals surface area contributed by atoms with Crippen LogP contribution in [-0.2, 0) is 20.7 Å². The molecule has 0 bridgehead atoms. The molecule has 0 aliphatic rings. The molecule has 3 aromatic rings. The normalized spacial score (nSPS) is 10.4. The van der Waals surface area contributed by atoms with Crippen molar-refractivity contribution in [1.29, 1.82) is 5.26 Å². The third-order valence-electron chi connectivity index (χ3n) is 3.71.